The Kier molecular flexibility index (Phi) is 3.79. The van der Waals surface area contributed by atoms with Crippen molar-refractivity contribution in [2.45, 2.75) is 38.8 Å². The number of amidine groups is 3. The number of hydrogen-bond acceptors (Lipinski definition) is 2. The highest BCUT2D eigenvalue weighted by atomic mass is 35.5. The van der Waals surface area contributed by atoms with Gasteiger partial charge in [-0.05, 0) is 38.3 Å². The summed E-state index contributed by atoms with van der Waals surface area (Å²) >= 11 is 5.87. The van der Waals surface area contributed by atoms with Crippen molar-refractivity contribution in [3.8, 4) is 0 Å². The van der Waals surface area contributed by atoms with Crippen LogP contribution >= 0.6 is 11.6 Å². The van der Waals surface area contributed by atoms with Gasteiger partial charge >= 0.3 is 0 Å². The lowest BCUT2D eigenvalue weighted by Crippen LogP contribution is -2.48. The summed E-state index contributed by atoms with van der Waals surface area (Å²) in [4.78, 5) is 10.3. The maximum Gasteiger partial charge on any atom is 0.225 e. The Morgan fingerprint density at radius 1 is 1.24 bits per heavy atom. The predicted octanol–water partition coefficient (Wildman–Crippen LogP) is 1.86. The molecule has 0 saturated carbocycles. The van der Waals surface area contributed by atoms with E-state index in [1.165, 1.54) is 0 Å². The SMILES string of the molecule is CC(=N)N=C(Cl)N=C(C)N1C2CCC1COC2. The second-order valence-corrected chi connectivity index (χ2v) is 4.79. The lowest BCUT2D eigenvalue weighted by atomic mass is 10.2. The number of aliphatic imine (C=N–C) groups is 2. The van der Waals surface area contributed by atoms with E-state index < -0.39 is 0 Å². The summed E-state index contributed by atoms with van der Waals surface area (Å²) in [6.07, 6.45) is 2.30. The summed E-state index contributed by atoms with van der Waals surface area (Å²) < 4.78 is 5.51. The third kappa shape index (κ3) is 2.84. The van der Waals surface area contributed by atoms with Crippen LogP contribution < -0.4 is 0 Å². The summed E-state index contributed by atoms with van der Waals surface area (Å²) in [5.41, 5.74) is 0. The third-order valence-corrected chi connectivity index (χ3v) is 3.30. The zero-order chi connectivity index (χ0) is 12.4. The molecule has 1 N–H and O–H groups in total. The number of rotatable bonds is 0. The standard InChI is InChI=1S/C11H17ClN4O/c1-7(13)14-11(12)15-8(2)16-9-3-4-10(16)6-17-5-9/h9-10,13H,3-6H2,1-2H3. The number of morpholine rings is 1. The van der Waals surface area contributed by atoms with Crippen LogP contribution in [0.1, 0.15) is 26.7 Å². The Labute approximate surface area is 106 Å². The van der Waals surface area contributed by atoms with E-state index in [2.05, 4.69) is 14.9 Å². The van der Waals surface area contributed by atoms with Crippen LogP contribution in [0.25, 0.3) is 0 Å². The summed E-state index contributed by atoms with van der Waals surface area (Å²) in [6, 6.07) is 0.839. The topological polar surface area (TPSA) is 61.0 Å². The average molecular weight is 257 g/mol. The monoisotopic (exact) mass is 256 g/mol. The molecule has 2 unspecified atom stereocenters. The molecule has 2 heterocycles. The maximum absolute atomic E-state index is 7.23. The molecule has 0 aliphatic carbocycles. The second kappa shape index (κ2) is 5.14. The largest absolute Gasteiger partial charge is 0.377 e. The van der Waals surface area contributed by atoms with Crippen LogP contribution in [0.4, 0.5) is 0 Å². The van der Waals surface area contributed by atoms with E-state index >= 15 is 0 Å². The van der Waals surface area contributed by atoms with E-state index in [-0.39, 0.29) is 11.1 Å². The van der Waals surface area contributed by atoms with Crippen molar-refractivity contribution in [1.82, 2.24) is 4.90 Å². The molecule has 2 rings (SSSR count). The third-order valence-electron chi connectivity index (χ3n) is 3.13. The van der Waals surface area contributed by atoms with E-state index in [1.807, 2.05) is 6.92 Å². The van der Waals surface area contributed by atoms with Gasteiger partial charge in [-0.25, -0.2) is 9.98 Å². The number of fused-ring (bicyclic) bond motifs is 2. The Hall–Kier alpha value is -0.940. The summed E-state index contributed by atoms with van der Waals surface area (Å²) in [5, 5.41) is 7.36. The van der Waals surface area contributed by atoms with Gasteiger partial charge < -0.3 is 9.64 Å². The number of halogens is 1. The molecule has 2 aliphatic heterocycles. The first kappa shape index (κ1) is 12.5. The molecule has 5 nitrogen and oxygen atoms in total. The smallest absolute Gasteiger partial charge is 0.225 e. The molecule has 0 spiro atoms. The van der Waals surface area contributed by atoms with Gasteiger partial charge in [0.25, 0.3) is 0 Å². The first-order valence-electron chi connectivity index (χ1n) is 5.78. The van der Waals surface area contributed by atoms with Crippen LogP contribution in [0.5, 0.6) is 0 Å². The molecule has 2 saturated heterocycles. The zero-order valence-corrected chi connectivity index (χ0v) is 10.9. The normalized spacial score (nSPS) is 29.7. The second-order valence-electron chi connectivity index (χ2n) is 4.45. The average Bonchev–Trinajstić information content (AvgIpc) is 2.48. The minimum atomic E-state index is 0.126. The van der Waals surface area contributed by atoms with Crippen LogP contribution in [0.2, 0.25) is 0 Å². The first-order chi connectivity index (χ1) is 8.08. The molecular formula is C11H17ClN4O. The quantitative estimate of drug-likeness (QED) is 0.409. The number of hydrogen-bond donors (Lipinski definition) is 1. The van der Waals surface area contributed by atoms with E-state index in [0.29, 0.717) is 12.1 Å². The highest BCUT2D eigenvalue weighted by Crippen LogP contribution is 2.29. The van der Waals surface area contributed by atoms with Crippen molar-refractivity contribution in [2.24, 2.45) is 9.98 Å². The van der Waals surface area contributed by atoms with Crippen molar-refractivity contribution in [3.63, 3.8) is 0 Å². The molecule has 94 valence electrons. The minimum Gasteiger partial charge on any atom is -0.377 e. The Balaban J connectivity index is 2.12. The Bertz CT molecular complexity index is 364. The maximum atomic E-state index is 7.23. The molecule has 0 aromatic heterocycles. The van der Waals surface area contributed by atoms with Gasteiger partial charge in [0.2, 0.25) is 5.29 Å². The fourth-order valence-electron chi connectivity index (χ4n) is 2.51. The highest BCUT2D eigenvalue weighted by molar-refractivity contribution is 6.66. The van der Waals surface area contributed by atoms with Gasteiger partial charge in [0, 0.05) is 0 Å². The predicted molar refractivity (Wildman–Crippen MR) is 69.3 cm³/mol. The van der Waals surface area contributed by atoms with E-state index in [4.69, 9.17) is 21.7 Å². The van der Waals surface area contributed by atoms with Crippen LogP contribution in [0, 0.1) is 5.41 Å². The molecule has 6 heteroatoms. The van der Waals surface area contributed by atoms with E-state index in [9.17, 15) is 0 Å². The summed E-state index contributed by atoms with van der Waals surface area (Å²) in [7, 11) is 0. The van der Waals surface area contributed by atoms with Gasteiger partial charge in [0.05, 0.1) is 25.3 Å². The molecule has 2 bridgehead atoms. The molecule has 2 aliphatic rings. The van der Waals surface area contributed by atoms with Crippen molar-refractivity contribution in [2.75, 3.05) is 13.2 Å². The minimum absolute atomic E-state index is 0.126. The molecule has 2 atom stereocenters. The van der Waals surface area contributed by atoms with Gasteiger partial charge in [-0.2, -0.15) is 0 Å². The molecule has 0 aromatic rings. The lowest BCUT2D eigenvalue weighted by molar-refractivity contribution is 0.0202. The number of nitrogens with zero attached hydrogens (tertiary/aromatic N) is 3. The molecule has 0 radical (unpaired) electrons. The van der Waals surface area contributed by atoms with Crippen LogP contribution in [0.3, 0.4) is 0 Å². The first-order valence-corrected chi connectivity index (χ1v) is 6.16. The van der Waals surface area contributed by atoms with E-state index in [0.717, 1.165) is 31.9 Å². The fraction of sp³-hybridized carbons (Fsp3) is 0.727. The molecule has 0 amide bonds. The van der Waals surface area contributed by atoms with Gasteiger partial charge in [-0.1, -0.05) is 0 Å². The summed E-state index contributed by atoms with van der Waals surface area (Å²) in [5.74, 6) is 1.03. The zero-order valence-electron chi connectivity index (χ0n) is 10.1. The fourth-order valence-corrected chi connectivity index (χ4v) is 2.76. The van der Waals surface area contributed by atoms with Gasteiger partial charge in [-0.3, -0.25) is 5.41 Å². The summed E-state index contributed by atoms with van der Waals surface area (Å²) in [6.45, 7) is 5.04. The van der Waals surface area contributed by atoms with Crippen molar-refractivity contribution in [1.29, 1.82) is 5.41 Å². The Morgan fingerprint density at radius 3 is 2.35 bits per heavy atom. The van der Waals surface area contributed by atoms with Crippen molar-refractivity contribution >= 4 is 28.6 Å². The van der Waals surface area contributed by atoms with Gasteiger partial charge in [-0.15, -0.1) is 0 Å². The lowest BCUT2D eigenvalue weighted by Gasteiger charge is -2.35. The number of nitrogens with one attached hydrogen (secondary N) is 1. The van der Waals surface area contributed by atoms with Gasteiger partial charge in [0.15, 0.2) is 0 Å². The van der Waals surface area contributed by atoms with Crippen LogP contribution in [-0.4, -0.2) is 47.2 Å². The molecule has 17 heavy (non-hydrogen) atoms. The molecule has 0 aromatic carbocycles. The highest BCUT2D eigenvalue weighted by Gasteiger charge is 2.37. The van der Waals surface area contributed by atoms with Crippen LogP contribution in [-0.2, 0) is 4.74 Å². The van der Waals surface area contributed by atoms with Crippen molar-refractivity contribution in [3.05, 3.63) is 0 Å². The van der Waals surface area contributed by atoms with Crippen molar-refractivity contribution < 1.29 is 4.74 Å². The number of ether oxygens (including phenoxy) is 1. The molecular weight excluding hydrogens is 240 g/mol. The van der Waals surface area contributed by atoms with E-state index in [1.54, 1.807) is 6.92 Å². The van der Waals surface area contributed by atoms with Gasteiger partial charge in [0.1, 0.15) is 11.7 Å². The molecule has 2 fully saturated rings. The van der Waals surface area contributed by atoms with Crippen LogP contribution in [0.15, 0.2) is 9.98 Å². The Morgan fingerprint density at radius 2 is 1.82 bits per heavy atom.